The van der Waals surface area contributed by atoms with Crippen molar-refractivity contribution in [2.24, 2.45) is 4.99 Å². The van der Waals surface area contributed by atoms with E-state index in [0.29, 0.717) is 20.6 Å². The van der Waals surface area contributed by atoms with Gasteiger partial charge >= 0.3 is 5.97 Å². The summed E-state index contributed by atoms with van der Waals surface area (Å²) in [5.74, 6) is -0.445. The number of nitrogens with zero attached hydrogens (tertiary/aromatic N) is 2. The van der Waals surface area contributed by atoms with Crippen molar-refractivity contribution in [3.63, 3.8) is 0 Å². The summed E-state index contributed by atoms with van der Waals surface area (Å²) in [6.45, 7) is 3.82. The molecule has 1 unspecified atom stereocenters. The van der Waals surface area contributed by atoms with Crippen LogP contribution in [0.4, 0.5) is 0 Å². The molecular formula is C22H19BrN2O3S3. The lowest BCUT2D eigenvalue weighted by molar-refractivity contribution is -0.139. The predicted octanol–water partition coefficient (Wildman–Crippen LogP) is 4.34. The Hall–Kier alpha value is -1.94. The van der Waals surface area contributed by atoms with E-state index in [1.807, 2.05) is 48.7 Å². The Morgan fingerprint density at radius 3 is 2.61 bits per heavy atom. The highest BCUT2D eigenvalue weighted by Crippen LogP contribution is 2.31. The normalized spacial score (nSPS) is 16.3. The van der Waals surface area contributed by atoms with Crippen molar-refractivity contribution >= 4 is 62.4 Å². The van der Waals surface area contributed by atoms with E-state index in [9.17, 15) is 9.59 Å². The molecule has 0 N–H and O–H groups in total. The van der Waals surface area contributed by atoms with E-state index in [4.69, 9.17) is 4.74 Å². The lowest BCUT2D eigenvalue weighted by atomic mass is 9.96. The molecule has 9 heteroatoms. The minimum Gasteiger partial charge on any atom is -0.463 e. The first-order chi connectivity index (χ1) is 14.9. The van der Waals surface area contributed by atoms with Gasteiger partial charge in [0.05, 0.1) is 32.2 Å². The molecule has 1 aliphatic rings. The van der Waals surface area contributed by atoms with Crippen LogP contribution in [0.2, 0.25) is 0 Å². The van der Waals surface area contributed by atoms with Crippen LogP contribution in [-0.4, -0.2) is 23.4 Å². The monoisotopic (exact) mass is 534 g/mol. The van der Waals surface area contributed by atoms with Gasteiger partial charge in [-0.2, -0.15) is 0 Å². The van der Waals surface area contributed by atoms with E-state index < -0.39 is 12.0 Å². The zero-order valence-electron chi connectivity index (χ0n) is 17.0. The van der Waals surface area contributed by atoms with Gasteiger partial charge in [-0.3, -0.25) is 9.36 Å². The molecule has 1 atom stereocenters. The summed E-state index contributed by atoms with van der Waals surface area (Å²) in [7, 11) is 0. The second-order valence-electron chi connectivity index (χ2n) is 6.72. The van der Waals surface area contributed by atoms with Crippen LogP contribution in [0.1, 0.15) is 30.3 Å². The first-order valence-corrected chi connectivity index (χ1v) is 13.2. The van der Waals surface area contributed by atoms with E-state index in [-0.39, 0.29) is 12.2 Å². The van der Waals surface area contributed by atoms with Crippen molar-refractivity contribution in [1.29, 1.82) is 0 Å². The van der Waals surface area contributed by atoms with E-state index >= 15 is 0 Å². The molecule has 1 aromatic carbocycles. The second kappa shape index (κ2) is 9.28. The van der Waals surface area contributed by atoms with Crippen molar-refractivity contribution < 1.29 is 9.53 Å². The van der Waals surface area contributed by atoms with Crippen LogP contribution >= 0.6 is 50.4 Å². The molecule has 0 aliphatic carbocycles. The average Bonchev–Trinajstić information content (AvgIpc) is 3.30. The summed E-state index contributed by atoms with van der Waals surface area (Å²) in [5, 5.41) is 0. The van der Waals surface area contributed by atoms with Crippen molar-refractivity contribution in [2.75, 3.05) is 12.9 Å². The molecular weight excluding hydrogens is 516 g/mol. The Kier molecular flexibility index (Phi) is 6.66. The smallest absolute Gasteiger partial charge is 0.338 e. The number of benzene rings is 1. The van der Waals surface area contributed by atoms with Crippen LogP contribution in [0.3, 0.4) is 0 Å². The fraction of sp³-hybridized carbons (Fsp3) is 0.227. The summed E-state index contributed by atoms with van der Waals surface area (Å²) in [5.41, 5.74) is 1.66. The number of esters is 1. The number of thiophene rings is 1. The van der Waals surface area contributed by atoms with Crippen LogP contribution in [0.15, 0.2) is 66.1 Å². The molecule has 2 aromatic heterocycles. The predicted molar refractivity (Wildman–Crippen MR) is 131 cm³/mol. The Morgan fingerprint density at radius 1 is 1.26 bits per heavy atom. The number of rotatable bonds is 5. The van der Waals surface area contributed by atoms with Gasteiger partial charge in [0, 0.05) is 9.77 Å². The molecule has 31 heavy (non-hydrogen) atoms. The molecule has 1 aliphatic heterocycles. The maximum absolute atomic E-state index is 13.5. The standard InChI is InChI=1S/C22H19BrN2O3S3/c1-4-28-21(27)18-12(2)24-22-25(19(18)13-5-7-14(29-3)8-6-13)20(26)16(31-22)11-15-9-10-17(23)30-15/h5-11,19H,4H2,1-3H3. The highest BCUT2D eigenvalue weighted by molar-refractivity contribution is 9.11. The number of thioether (sulfide) groups is 1. The van der Waals surface area contributed by atoms with Gasteiger partial charge in [-0.15, -0.1) is 23.1 Å². The SMILES string of the molecule is CCOC(=O)C1=C(C)N=c2sc(=Cc3ccc(Br)s3)c(=O)n2C1c1ccc(SC)cc1. The van der Waals surface area contributed by atoms with Crippen molar-refractivity contribution in [1.82, 2.24) is 4.57 Å². The molecule has 0 spiro atoms. The molecule has 0 saturated heterocycles. The summed E-state index contributed by atoms with van der Waals surface area (Å²) in [4.78, 5) is 33.6. The maximum Gasteiger partial charge on any atom is 0.338 e. The van der Waals surface area contributed by atoms with E-state index in [1.54, 1.807) is 41.5 Å². The Bertz CT molecular complexity index is 1350. The lowest BCUT2D eigenvalue weighted by Crippen LogP contribution is -2.39. The number of fused-ring (bicyclic) bond motifs is 1. The Labute approximate surface area is 199 Å². The van der Waals surface area contributed by atoms with Crippen molar-refractivity contribution in [3.05, 3.63) is 81.6 Å². The van der Waals surface area contributed by atoms with E-state index in [1.165, 1.54) is 11.3 Å². The largest absolute Gasteiger partial charge is 0.463 e. The fourth-order valence-corrected chi connectivity index (χ4v) is 6.32. The third-order valence-corrected chi connectivity index (χ3v) is 8.11. The zero-order valence-corrected chi connectivity index (χ0v) is 21.1. The number of allylic oxidation sites excluding steroid dienone is 1. The number of aromatic nitrogens is 1. The van der Waals surface area contributed by atoms with Gasteiger partial charge < -0.3 is 4.74 Å². The molecule has 3 heterocycles. The first kappa shape index (κ1) is 22.3. The minimum atomic E-state index is -0.580. The molecule has 4 rings (SSSR count). The van der Waals surface area contributed by atoms with Crippen LogP contribution in [0, 0.1) is 0 Å². The van der Waals surface area contributed by atoms with Crippen LogP contribution < -0.4 is 14.9 Å². The van der Waals surface area contributed by atoms with Crippen molar-refractivity contribution in [3.8, 4) is 0 Å². The molecule has 160 valence electrons. The van der Waals surface area contributed by atoms with Crippen LogP contribution in [0.5, 0.6) is 0 Å². The average molecular weight is 536 g/mol. The topological polar surface area (TPSA) is 60.7 Å². The van der Waals surface area contributed by atoms with E-state index in [0.717, 1.165) is 19.1 Å². The maximum atomic E-state index is 13.5. The molecule has 0 amide bonds. The van der Waals surface area contributed by atoms with Gasteiger partial charge in [0.2, 0.25) is 0 Å². The highest BCUT2D eigenvalue weighted by Gasteiger charge is 2.33. The minimum absolute atomic E-state index is 0.165. The molecule has 0 fully saturated rings. The number of thiazole rings is 1. The third kappa shape index (κ3) is 4.37. The van der Waals surface area contributed by atoms with Gasteiger partial charge in [-0.05, 0) is 71.9 Å². The van der Waals surface area contributed by atoms with Gasteiger partial charge in [0.25, 0.3) is 5.56 Å². The molecule has 0 bridgehead atoms. The van der Waals surface area contributed by atoms with Gasteiger partial charge in [0.1, 0.15) is 0 Å². The molecule has 0 radical (unpaired) electrons. The quantitative estimate of drug-likeness (QED) is 0.360. The van der Waals surface area contributed by atoms with Gasteiger partial charge in [0.15, 0.2) is 4.80 Å². The Balaban J connectivity index is 1.94. The van der Waals surface area contributed by atoms with E-state index in [2.05, 4.69) is 20.9 Å². The summed E-state index contributed by atoms with van der Waals surface area (Å²) < 4.78 is 8.52. The number of carbonyl (C=O) groups is 1. The van der Waals surface area contributed by atoms with Crippen LogP contribution in [0.25, 0.3) is 6.08 Å². The number of halogens is 1. The number of hydrogen-bond acceptors (Lipinski definition) is 7. The fourth-order valence-electron chi connectivity index (χ4n) is 3.43. The molecule has 5 nitrogen and oxygen atoms in total. The number of ether oxygens (including phenoxy) is 1. The third-order valence-electron chi connectivity index (χ3n) is 4.82. The van der Waals surface area contributed by atoms with Gasteiger partial charge in [-0.25, -0.2) is 9.79 Å². The number of carbonyl (C=O) groups excluding carboxylic acids is 1. The van der Waals surface area contributed by atoms with Crippen LogP contribution in [-0.2, 0) is 9.53 Å². The molecule has 0 saturated carbocycles. The summed E-state index contributed by atoms with van der Waals surface area (Å²) >= 11 is 7.98. The summed E-state index contributed by atoms with van der Waals surface area (Å²) in [6.07, 6.45) is 3.88. The summed E-state index contributed by atoms with van der Waals surface area (Å²) in [6, 6.07) is 11.2. The highest BCUT2D eigenvalue weighted by atomic mass is 79.9. The first-order valence-electron chi connectivity index (χ1n) is 9.52. The second-order valence-corrected chi connectivity index (χ2v) is 11.1. The lowest BCUT2D eigenvalue weighted by Gasteiger charge is -2.24. The zero-order chi connectivity index (χ0) is 22.1. The number of hydrogen-bond donors (Lipinski definition) is 0. The van der Waals surface area contributed by atoms with Crippen molar-refractivity contribution in [2.45, 2.75) is 24.8 Å². The van der Waals surface area contributed by atoms with Gasteiger partial charge in [-0.1, -0.05) is 23.5 Å². The Morgan fingerprint density at radius 2 is 2.00 bits per heavy atom. The molecule has 3 aromatic rings.